The largest absolute Gasteiger partial charge is 0.451 e. The van der Waals surface area contributed by atoms with Gasteiger partial charge in [0.2, 0.25) is 17.7 Å². The number of halogens is 3. The molecule has 0 saturated carbocycles. The summed E-state index contributed by atoms with van der Waals surface area (Å²) >= 11 is 0. The minimum Gasteiger partial charge on any atom is -0.328 e. The van der Waals surface area contributed by atoms with Crippen molar-refractivity contribution in [2.45, 2.75) is 32.0 Å². The molecule has 1 heterocycles. The van der Waals surface area contributed by atoms with Gasteiger partial charge in [-0.2, -0.15) is 18.2 Å². The number of anilines is 1. The van der Waals surface area contributed by atoms with E-state index < -0.39 is 23.9 Å². The predicted molar refractivity (Wildman–Crippen MR) is 52.9 cm³/mol. The van der Waals surface area contributed by atoms with Crippen LogP contribution in [0, 0.1) is 0 Å². The molecule has 0 bridgehead atoms. The van der Waals surface area contributed by atoms with Crippen molar-refractivity contribution < 1.29 is 18.0 Å². The van der Waals surface area contributed by atoms with Crippen LogP contribution in [0.4, 0.5) is 19.1 Å². The van der Waals surface area contributed by atoms with Crippen LogP contribution in [0.25, 0.3) is 0 Å². The van der Waals surface area contributed by atoms with E-state index >= 15 is 0 Å². The molecule has 0 aliphatic carbocycles. The molecule has 1 atom stereocenters. The summed E-state index contributed by atoms with van der Waals surface area (Å²) in [6, 6.07) is -0.154. The van der Waals surface area contributed by atoms with Crippen LogP contribution in [-0.4, -0.2) is 27.1 Å². The highest BCUT2D eigenvalue weighted by Crippen LogP contribution is 2.26. The van der Waals surface area contributed by atoms with Crippen molar-refractivity contribution in [2.24, 2.45) is 5.73 Å². The topological polar surface area (TPSA) is 96.7 Å². The normalized spacial score (nSPS) is 13.5. The van der Waals surface area contributed by atoms with Gasteiger partial charge in [0, 0.05) is 12.5 Å². The van der Waals surface area contributed by atoms with Crippen LogP contribution < -0.4 is 11.1 Å². The number of H-pyrrole nitrogens is 1. The SMILES string of the molecule is CC(N)CCC(=O)Nc1n[nH]c(C(F)(F)F)n1. The number of amides is 1. The van der Waals surface area contributed by atoms with Crippen molar-refractivity contribution in [1.82, 2.24) is 15.2 Å². The Morgan fingerprint density at radius 3 is 2.71 bits per heavy atom. The molecule has 17 heavy (non-hydrogen) atoms. The number of carbonyl (C=O) groups is 1. The summed E-state index contributed by atoms with van der Waals surface area (Å²) < 4.78 is 36.4. The summed E-state index contributed by atoms with van der Waals surface area (Å²) in [6.45, 7) is 1.72. The zero-order chi connectivity index (χ0) is 13.1. The number of hydrogen-bond donors (Lipinski definition) is 3. The summed E-state index contributed by atoms with van der Waals surface area (Å²) in [5.41, 5.74) is 5.43. The standard InChI is InChI=1S/C8H12F3N5O/c1-4(12)2-3-5(17)13-7-14-6(15-16-7)8(9,10)11/h4H,2-3,12H2,1H3,(H2,13,14,15,16,17). The summed E-state index contributed by atoms with van der Waals surface area (Å²) in [7, 11) is 0. The second-order valence-corrected chi connectivity index (χ2v) is 3.57. The van der Waals surface area contributed by atoms with Crippen LogP contribution in [-0.2, 0) is 11.0 Å². The lowest BCUT2D eigenvalue weighted by Crippen LogP contribution is -2.20. The number of nitrogens with two attached hydrogens (primary N) is 1. The van der Waals surface area contributed by atoms with Gasteiger partial charge in [0.05, 0.1) is 0 Å². The van der Waals surface area contributed by atoms with Gasteiger partial charge in [-0.05, 0) is 13.3 Å². The van der Waals surface area contributed by atoms with Crippen LogP contribution in [0.3, 0.4) is 0 Å². The zero-order valence-electron chi connectivity index (χ0n) is 9.01. The van der Waals surface area contributed by atoms with E-state index in [0.717, 1.165) is 0 Å². The van der Waals surface area contributed by atoms with E-state index in [4.69, 9.17) is 5.73 Å². The summed E-state index contributed by atoms with van der Waals surface area (Å²) in [5.74, 6) is -2.12. The molecular formula is C8H12F3N5O. The molecule has 0 fully saturated rings. The minimum absolute atomic E-state index is 0.105. The lowest BCUT2D eigenvalue weighted by Gasteiger charge is -2.03. The molecule has 0 aliphatic rings. The van der Waals surface area contributed by atoms with Gasteiger partial charge in [0.15, 0.2) is 0 Å². The van der Waals surface area contributed by atoms with Crippen molar-refractivity contribution in [3.05, 3.63) is 5.82 Å². The minimum atomic E-state index is -4.61. The third kappa shape index (κ3) is 4.39. The molecule has 1 aromatic rings. The molecule has 9 heteroatoms. The monoisotopic (exact) mass is 251 g/mol. The van der Waals surface area contributed by atoms with E-state index in [1.807, 2.05) is 0 Å². The molecular weight excluding hydrogens is 239 g/mol. The molecule has 0 aliphatic heterocycles. The third-order valence-corrected chi connectivity index (χ3v) is 1.83. The summed E-state index contributed by atoms with van der Waals surface area (Å²) in [5, 5.41) is 7.06. The van der Waals surface area contributed by atoms with E-state index in [1.165, 1.54) is 0 Å². The van der Waals surface area contributed by atoms with Crippen molar-refractivity contribution in [2.75, 3.05) is 5.32 Å². The maximum Gasteiger partial charge on any atom is 0.451 e. The van der Waals surface area contributed by atoms with E-state index in [2.05, 4.69) is 15.4 Å². The molecule has 0 saturated heterocycles. The highest BCUT2D eigenvalue weighted by atomic mass is 19.4. The summed E-state index contributed by atoms with van der Waals surface area (Å²) in [6.07, 6.45) is -4.07. The Hall–Kier alpha value is -1.64. The smallest absolute Gasteiger partial charge is 0.328 e. The molecule has 0 radical (unpaired) electrons. The molecule has 1 amide bonds. The maximum absolute atomic E-state index is 12.1. The zero-order valence-corrected chi connectivity index (χ0v) is 9.01. The van der Waals surface area contributed by atoms with Gasteiger partial charge < -0.3 is 5.73 Å². The highest BCUT2D eigenvalue weighted by Gasteiger charge is 2.35. The Balaban J connectivity index is 2.52. The number of rotatable bonds is 4. The Morgan fingerprint density at radius 1 is 1.59 bits per heavy atom. The fourth-order valence-corrected chi connectivity index (χ4v) is 0.990. The average molecular weight is 251 g/mol. The van der Waals surface area contributed by atoms with Gasteiger partial charge in [-0.15, -0.1) is 5.10 Å². The first-order valence-electron chi connectivity index (χ1n) is 4.84. The van der Waals surface area contributed by atoms with E-state index in [9.17, 15) is 18.0 Å². The average Bonchev–Trinajstić information content (AvgIpc) is 2.62. The van der Waals surface area contributed by atoms with Crippen LogP contribution in [0.15, 0.2) is 0 Å². The number of carbonyl (C=O) groups excluding carboxylic acids is 1. The van der Waals surface area contributed by atoms with Crippen LogP contribution in [0.1, 0.15) is 25.6 Å². The number of aromatic nitrogens is 3. The van der Waals surface area contributed by atoms with Gasteiger partial charge in [-0.1, -0.05) is 0 Å². The molecule has 1 aromatic heterocycles. The molecule has 1 rings (SSSR count). The number of nitrogens with one attached hydrogen (secondary N) is 2. The van der Waals surface area contributed by atoms with Crippen LogP contribution in [0.2, 0.25) is 0 Å². The molecule has 1 unspecified atom stereocenters. The highest BCUT2D eigenvalue weighted by molar-refractivity contribution is 5.88. The second kappa shape index (κ2) is 5.13. The first-order chi connectivity index (χ1) is 7.79. The van der Waals surface area contributed by atoms with E-state index in [1.54, 1.807) is 12.0 Å². The van der Waals surface area contributed by atoms with Gasteiger partial charge in [0.1, 0.15) is 0 Å². The quantitative estimate of drug-likeness (QED) is 0.740. The van der Waals surface area contributed by atoms with Gasteiger partial charge in [0.25, 0.3) is 0 Å². The third-order valence-electron chi connectivity index (χ3n) is 1.83. The summed E-state index contributed by atoms with van der Waals surface area (Å²) in [4.78, 5) is 14.3. The Bertz CT molecular complexity index is 387. The Kier molecular flexibility index (Phi) is 4.05. The number of hydrogen-bond acceptors (Lipinski definition) is 4. The van der Waals surface area contributed by atoms with Crippen molar-refractivity contribution in [1.29, 1.82) is 0 Å². The fraction of sp³-hybridized carbons (Fsp3) is 0.625. The molecule has 0 aromatic carbocycles. The molecule has 0 spiro atoms. The van der Waals surface area contributed by atoms with E-state index in [-0.39, 0.29) is 12.5 Å². The Labute approximate surface area is 94.8 Å². The lowest BCUT2D eigenvalue weighted by molar-refractivity contribution is -0.144. The van der Waals surface area contributed by atoms with Crippen molar-refractivity contribution in [3.8, 4) is 0 Å². The molecule has 4 N–H and O–H groups in total. The van der Waals surface area contributed by atoms with Crippen LogP contribution >= 0.6 is 0 Å². The fourth-order valence-electron chi connectivity index (χ4n) is 0.990. The number of aromatic amines is 1. The first kappa shape index (κ1) is 13.4. The lowest BCUT2D eigenvalue weighted by atomic mass is 10.2. The number of nitrogens with zero attached hydrogens (tertiary/aromatic N) is 2. The van der Waals surface area contributed by atoms with Crippen molar-refractivity contribution >= 4 is 11.9 Å². The molecule has 96 valence electrons. The van der Waals surface area contributed by atoms with Gasteiger partial charge >= 0.3 is 6.18 Å². The van der Waals surface area contributed by atoms with Gasteiger partial charge in [-0.3, -0.25) is 15.2 Å². The second-order valence-electron chi connectivity index (χ2n) is 3.57. The van der Waals surface area contributed by atoms with Gasteiger partial charge in [-0.25, -0.2) is 0 Å². The Morgan fingerprint density at radius 2 is 2.24 bits per heavy atom. The maximum atomic E-state index is 12.1. The van der Waals surface area contributed by atoms with Crippen LogP contribution in [0.5, 0.6) is 0 Å². The van der Waals surface area contributed by atoms with Crippen molar-refractivity contribution in [3.63, 3.8) is 0 Å². The number of alkyl halides is 3. The van der Waals surface area contributed by atoms with E-state index in [0.29, 0.717) is 6.42 Å². The first-order valence-corrected chi connectivity index (χ1v) is 4.84. The predicted octanol–water partition coefficient (Wildman–Crippen LogP) is 0.889. The molecule has 6 nitrogen and oxygen atoms in total.